The first kappa shape index (κ1) is 20.2. The second kappa shape index (κ2) is 8.42. The maximum absolute atomic E-state index is 13.4. The Morgan fingerprint density at radius 1 is 1.16 bits per heavy atom. The molecule has 5 rings (SSSR count). The first-order valence-electron chi connectivity index (χ1n) is 10.7. The molecule has 0 aliphatic carbocycles. The summed E-state index contributed by atoms with van der Waals surface area (Å²) in [5, 5.41) is 0. The molecule has 1 aliphatic rings. The number of ether oxygens (including phenoxy) is 1. The summed E-state index contributed by atoms with van der Waals surface area (Å²) in [6, 6.07) is 15.4. The van der Waals surface area contributed by atoms with Crippen LogP contribution in [0.15, 0.2) is 60.8 Å². The van der Waals surface area contributed by atoms with Crippen LogP contribution in [0.5, 0.6) is 11.5 Å². The first-order chi connectivity index (χ1) is 15.6. The zero-order chi connectivity index (χ0) is 22.1. The fourth-order valence-corrected chi connectivity index (χ4v) is 4.29. The molecule has 0 bridgehead atoms. The maximum Gasteiger partial charge on any atom is 0.219 e. The van der Waals surface area contributed by atoms with Gasteiger partial charge in [-0.05, 0) is 61.7 Å². The second-order valence-electron chi connectivity index (χ2n) is 7.99. The normalized spacial score (nSPS) is 16.3. The minimum absolute atomic E-state index is 0.0429. The third kappa shape index (κ3) is 3.93. The molecule has 6 nitrogen and oxygen atoms in total. The number of aromatic nitrogens is 3. The summed E-state index contributed by atoms with van der Waals surface area (Å²) in [5.41, 5.74) is 3.24. The lowest BCUT2D eigenvalue weighted by atomic mass is 9.94. The molecule has 162 valence electrons. The Labute approximate surface area is 185 Å². The second-order valence-corrected chi connectivity index (χ2v) is 7.99. The molecule has 4 aromatic rings. The van der Waals surface area contributed by atoms with Crippen molar-refractivity contribution < 1.29 is 13.9 Å². The van der Waals surface area contributed by atoms with Gasteiger partial charge >= 0.3 is 0 Å². The van der Waals surface area contributed by atoms with E-state index in [2.05, 4.69) is 9.97 Å². The van der Waals surface area contributed by atoms with E-state index < -0.39 is 0 Å². The van der Waals surface area contributed by atoms with Gasteiger partial charge in [0.1, 0.15) is 23.0 Å². The Bertz CT molecular complexity index is 1250. The van der Waals surface area contributed by atoms with Gasteiger partial charge in [0.05, 0.1) is 17.1 Å². The molecule has 1 fully saturated rings. The molecule has 7 heteroatoms. The molecule has 0 radical (unpaired) electrons. The van der Waals surface area contributed by atoms with Crippen LogP contribution in [-0.2, 0) is 4.79 Å². The van der Waals surface area contributed by atoms with Crippen molar-refractivity contribution in [1.82, 2.24) is 19.9 Å². The van der Waals surface area contributed by atoms with Crippen molar-refractivity contribution in [2.45, 2.75) is 32.2 Å². The number of nitrogens with zero attached hydrogens (tertiary/aromatic N) is 3. The highest BCUT2D eigenvalue weighted by Gasteiger charge is 2.29. The molecule has 3 heterocycles. The van der Waals surface area contributed by atoms with E-state index in [0.29, 0.717) is 17.3 Å². The van der Waals surface area contributed by atoms with Crippen LogP contribution in [-0.4, -0.2) is 32.3 Å². The van der Waals surface area contributed by atoms with Gasteiger partial charge in [-0.25, -0.2) is 9.37 Å². The van der Waals surface area contributed by atoms with Crippen molar-refractivity contribution in [3.63, 3.8) is 0 Å². The van der Waals surface area contributed by atoms with Crippen molar-refractivity contribution in [1.29, 1.82) is 0 Å². The van der Waals surface area contributed by atoms with Crippen LogP contribution in [0.2, 0.25) is 0 Å². The van der Waals surface area contributed by atoms with Crippen molar-refractivity contribution in [2.75, 3.05) is 6.54 Å². The van der Waals surface area contributed by atoms with Gasteiger partial charge < -0.3 is 14.6 Å². The number of carbonyl (C=O) groups excluding carboxylic acids is 1. The van der Waals surface area contributed by atoms with Crippen molar-refractivity contribution in [3.8, 4) is 23.0 Å². The lowest BCUT2D eigenvalue weighted by molar-refractivity contribution is -0.132. The van der Waals surface area contributed by atoms with Crippen molar-refractivity contribution >= 4 is 16.9 Å². The van der Waals surface area contributed by atoms with Gasteiger partial charge in [0.25, 0.3) is 0 Å². The van der Waals surface area contributed by atoms with Crippen LogP contribution in [0.3, 0.4) is 0 Å². The molecule has 0 saturated carbocycles. The minimum atomic E-state index is -0.324. The average Bonchev–Trinajstić information content (AvgIpc) is 3.24. The third-order valence-corrected chi connectivity index (χ3v) is 5.83. The molecule has 1 saturated heterocycles. The molecule has 1 unspecified atom stereocenters. The number of amides is 1. The average molecular weight is 430 g/mol. The highest BCUT2D eigenvalue weighted by Crippen LogP contribution is 2.40. The number of nitrogens with one attached hydrogen (secondary N) is 1. The fourth-order valence-electron chi connectivity index (χ4n) is 4.29. The molecule has 1 amide bonds. The van der Waals surface area contributed by atoms with E-state index in [0.717, 1.165) is 48.1 Å². The number of piperidine rings is 1. The Hall–Kier alpha value is -3.74. The fraction of sp³-hybridized carbons (Fsp3) is 0.240. The Kier molecular flexibility index (Phi) is 5.31. The number of aromatic amines is 1. The summed E-state index contributed by atoms with van der Waals surface area (Å²) in [4.78, 5) is 26.7. The minimum Gasteiger partial charge on any atom is -0.457 e. The van der Waals surface area contributed by atoms with Crippen molar-refractivity contribution in [2.24, 2.45) is 0 Å². The first-order valence-corrected chi connectivity index (χ1v) is 10.7. The number of pyridine rings is 1. The Morgan fingerprint density at radius 2 is 2.00 bits per heavy atom. The number of H-pyrrole nitrogens is 1. The van der Waals surface area contributed by atoms with Gasteiger partial charge in [0.2, 0.25) is 5.91 Å². The lowest BCUT2D eigenvalue weighted by Crippen LogP contribution is -2.37. The van der Waals surface area contributed by atoms with Gasteiger partial charge in [0.15, 0.2) is 5.82 Å². The molecule has 2 aromatic carbocycles. The summed E-state index contributed by atoms with van der Waals surface area (Å²) in [5.74, 6) is 1.52. The number of rotatable bonds is 4. The van der Waals surface area contributed by atoms with E-state index >= 15 is 0 Å². The van der Waals surface area contributed by atoms with Gasteiger partial charge in [-0.15, -0.1) is 0 Å². The van der Waals surface area contributed by atoms with Crippen molar-refractivity contribution in [3.05, 3.63) is 72.2 Å². The molecular weight excluding hydrogens is 407 g/mol. The molecule has 1 N–H and O–H groups in total. The van der Waals surface area contributed by atoms with E-state index in [-0.39, 0.29) is 17.8 Å². The third-order valence-electron chi connectivity index (χ3n) is 5.83. The molecule has 32 heavy (non-hydrogen) atoms. The van der Waals surface area contributed by atoms with Crippen LogP contribution in [0.25, 0.3) is 22.6 Å². The quantitative estimate of drug-likeness (QED) is 0.455. The van der Waals surface area contributed by atoms with E-state index in [1.54, 1.807) is 25.3 Å². The van der Waals surface area contributed by atoms with E-state index in [9.17, 15) is 9.18 Å². The number of hydrogen-bond donors (Lipinski definition) is 1. The molecule has 2 aromatic heterocycles. The van der Waals surface area contributed by atoms with E-state index in [1.807, 2.05) is 35.2 Å². The smallest absolute Gasteiger partial charge is 0.219 e. The summed E-state index contributed by atoms with van der Waals surface area (Å²) in [6.07, 6.45) is 4.60. The molecule has 1 atom stereocenters. The number of carbonyl (C=O) groups is 1. The van der Waals surface area contributed by atoms with Gasteiger partial charge in [-0.2, -0.15) is 0 Å². The Balaban J connectivity index is 1.62. The number of hydrogen-bond acceptors (Lipinski definition) is 4. The topological polar surface area (TPSA) is 71.1 Å². The van der Waals surface area contributed by atoms with Crippen LogP contribution < -0.4 is 4.74 Å². The van der Waals surface area contributed by atoms with Gasteiger partial charge in [-0.3, -0.25) is 9.78 Å². The molecular formula is C25H23FN4O2. The predicted molar refractivity (Wildman–Crippen MR) is 120 cm³/mol. The van der Waals surface area contributed by atoms with Crippen LogP contribution >= 0.6 is 0 Å². The summed E-state index contributed by atoms with van der Waals surface area (Å²) in [6.45, 7) is 2.32. The molecule has 0 spiro atoms. The Morgan fingerprint density at radius 3 is 2.75 bits per heavy atom. The van der Waals surface area contributed by atoms with E-state index in [1.165, 1.54) is 12.1 Å². The summed E-state index contributed by atoms with van der Waals surface area (Å²) < 4.78 is 19.6. The maximum atomic E-state index is 13.4. The zero-order valence-corrected chi connectivity index (χ0v) is 17.7. The molecule has 1 aliphatic heterocycles. The SMILES string of the molecule is CC(=O)N1CCCCC1c1cc2[nH]c(-c3ccccn3)nc2cc1Oc1ccc(F)cc1. The van der Waals surface area contributed by atoms with E-state index in [4.69, 9.17) is 9.72 Å². The standard InChI is InChI=1S/C25H23FN4O2/c1-16(31)30-13-5-3-7-23(30)19-14-21-22(29-25(28-21)20-6-2-4-12-27-20)15-24(19)32-18-10-8-17(26)9-11-18/h2,4,6,8-12,14-15,23H,3,5,7,13H2,1H3,(H,28,29). The zero-order valence-electron chi connectivity index (χ0n) is 17.7. The predicted octanol–water partition coefficient (Wildman–Crippen LogP) is 5.63. The highest BCUT2D eigenvalue weighted by atomic mass is 19.1. The van der Waals surface area contributed by atoms with Gasteiger partial charge in [-0.1, -0.05) is 6.07 Å². The summed E-state index contributed by atoms with van der Waals surface area (Å²) >= 11 is 0. The number of fused-ring (bicyclic) bond motifs is 1. The monoisotopic (exact) mass is 430 g/mol. The number of imidazole rings is 1. The number of likely N-dealkylation sites (tertiary alicyclic amines) is 1. The summed E-state index contributed by atoms with van der Waals surface area (Å²) in [7, 11) is 0. The van der Waals surface area contributed by atoms with Gasteiger partial charge in [0, 0.05) is 31.3 Å². The van der Waals surface area contributed by atoms with Crippen LogP contribution in [0.1, 0.15) is 37.8 Å². The number of halogens is 1. The number of benzene rings is 2. The lowest BCUT2D eigenvalue weighted by Gasteiger charge is -2.36. The largest absolute Gasteiger partial charge is 0.457 e. The highest BCUT2D eigenvalue weighted by molar-refractivity contribution is 5.82. The van der Waals surface area contributed by atoms with Crippen LogP contribution in [0.4, 0.5) is 4.39 Å². The van der Waals surface area contributed by atoms with Crippen LogP contribution in [0, 0.1) is 5.82 Å².